The number of unbranched alkanes of at least 4 members (excludes halogenated alkanes) is 3. The smallest absolute Gasteiger partial charge is 0.107 e. The van der Waals surface area contributed by atoms with Crippen molar-refractivity contribution >= 4 is 0 Å². The van der Waals surface area contributed by atoms with Gasteiger partial charge < -0.3 is 4.74 Å². The number of hydrogen-bond acceptors (Lipinski definition) is 2. The minimum atomic E-state index is 0.256. The van der Waals surface area contributed by atoms with Crippen LogP contribution in [-0.4, -0.2) is 19.9 Å². The molecular formula is C10H23NO. The molecule has 0 aromatic rings. The van der Waals surface area contributed by atoms with Crippen molar-refractivity contribution in [2.45, 2.75) is 52.2 Å². The van der Waals surface area contributed by atoms with Crippen molar-refractivity contribution in [3.05, 3.63) is 0 Å². The van der Waals surface area contributed by atoms with Gasteiger partial charge in [-0.1, -0.05) is 33.1 Å². The van der Waals surface area contributed by atoms with Gasteiger partial charge in [0.2, 0.25) is 0 Å². The van der Waals surface area contributed by atoms with Crippen molar-refractivity contribution in [1.82, 2.24) is 5.32 Å². The second kappa shape index (κ2) is 9.01. The van der Waals surface area contributed by atoms with Crippen LogP contribution in [0.4, 0.5) is 0 Å². The van der Waals surface area contributed by atoms with Gasteiger partial charge in [0, 0.05) is 6.61 Å². The molecule has 0 saturated heterocycles. The van der Waals surface area contributed by atoms with Crippen LogP contribution in [0.2, 0.25) is 0 Å². The standard InChI is InChI=1S/C10H23NO/c1-4-6-7-8-9-12-10(5-2)11-3/h10-11H,4-9H2,1-3H3. The molecule has 0 saturated carbocycles. The van der Waals surface area contributed by atoms with Crippen molar-refractivity contribution in [1.29, 1.82) is 0 Å². The molecule has 74 valence electrons. The van der Waals surface area contributed by atoms with Gasteiger partial charge in [0.15, 0.2) is 0 Å². The van der Waals surface area contributed by atoms with Crippen molar-refractivity contribution in [3.63, 3.8) is 0 Å². The molecule has 0 aromatic heterocycles. The minimum Gasteiger partial charge on any atom is -0.363 e. The van der Waals surface area contributed by atoms with Crippen LogP contribution < -0.4 is 5.32 Å². The summed E-state index contributed by atoms with van der Waals surface area (Å²) in [6, 6.07) is 0. The van der Waals surface area contributed by atoms with Gasteiger partial charge in [-0.3, -0.25) is 5.32 Å². The van der Waals surface area contributed by atoms with Gasteiger partial charge in [-0.15, -0.1) is 0 Å². The summed E-state index contributed by atoms with van der Waals surface area (Å²) >= 11 is 0. The molecule has 0 rings (SSSR count). The van der Waals surface area contributed by atoms with E-state index in [2.05, 4.69) is 19.2 Å². The Labute approximate surface area is 76.7 Å². The predicted octanol–water partition coefficient (Wildman–Crippen LogP) is 2.54. The van der Waals surface area contributed by atoms with Gasteiger partial charge in [0.25, 0.3) is 0 Å². The monoisotopic (exact) mass is 173 g/mol. The van der Waals surface area contributed by atoms with E-state index in [0.717, 1.165) is 13.0 Å². The number of nitrogens with one attached hydrogen (secondary N) is 1. The molecule has 0 bridgehead atoms. The molecule has 0 amide bonds. The second-order valence-electron chi connectivity index (χ2n) is 3.12. The van der Waals surface area contributed by atoms with Crippen LogP contribution in [-0.2, 0) is 4.74 Å². The van der Waals surface area contributed by atoms with Crippen molar-refractivity contribution in [3.8, 4) is 0 Å². The fourth-order valence-electron chi connectivity index (χ4n) is 1.16. The molecule has 0 aliphatic rings. The zero-order chi connectivity index (χ0) is 9.23. The molecular weight excluding hydrogens is 150 g/mol. The van der Waals surface area contributed by atoms with Gasteiger partial charge in [0.05, 0.1) is 0 Å². The maximum atomic E-state index is 5.58. The third-order valence-corrected chi connectivity index (χ3v) is 2.01. The van der Waals surface area contributed by atoms with E-state index in [4.69, 9.17) is 4.74 Å². The van der Waals surface area contributed by atoms with Crippen LogP contribution in [0.5, 0.6) is 0 Å². The summed E-state index contributed by atoms with van der Waals surface area (Å²) in [4.78, 5) is 0. The zero-order valence-corrected chi connectivity index (χ0v) is 8.73. The normalized spacial score (nSPS) is 13.2. The third-order valence-electron chi connectivity index (χ3n) is 2.01. The van der Waals surface area contributed by atoms with Crippen LogP contribution in [0.15, 0.2) is 0 Å². The molecule has 0 radical (unpaired) electrons. The Morgan fingerprint density at radius 3 is 2.42 bits per heavy atom. The third kappa shape index (κ3) is 6.62. The Bertz CT molecular complexity index is 81.9. The molecule has 0 aliphatic carbocycles. The van der Waals surface area contributed by atoms with Gasteiger partial charge >= 0.3 is 0 Å². The van der Waals surface area contributed by atoms with Gasteiger partial charge in [0.1, 0.15) is 6.23 Å². The largest absolute Gasteiger partial charge is 0.363 e. The van der Waals surface area contributed by atoms with Crippen LogP contribution in [0.25, 0.3) is 0 Å². The lowest BCUT2D eigenvalue weighted by Crippen LogP contribution is -2.27. The Morgan fingerprint density at radius 1 is 1.17 bits per heavy atom. The molecule has 1 atom stereocenters. The van der Waals surface area contributed by atoms with E-state index in [9.17, 15) is 0 Å². The fourth-order valence-corrected chi connectivity index (χ4v) is 1.16. The van der Waals surface area contributed by atoms with Crippen molar-refractivity contribution in [2.75, 3.05) is 13.7 Å². The highest BCUT2D eigenvalue weighted by Gasteiger charge is 2.00. The zero-order valence-electron chi connectivity index (χ0n) is 8.73. The maximum Gasteiger partial charge on any atom is 0.107 e. The number of ether oxygens (including phenoxy) is 1. The molecule has 0 spiro atoms. The Hall–Kier alpha value is -0.0800. The highest BCUT2D eigenvalue weighted by Crippen LogP contribution is 2.01. The quantitative estimate of drug-likeness (QED) is 0.450. The van der Waals surface area contributed by atoms with Gasteiger partial charge in [-0.25, -0.2) is 0 Å². The Kier molecular flexibility index (Phi) is 8.95. The molecule has 0 aliphatic heterocycles. The average molecular weight is 173 g/mol. The highest BCUT2D eigenvalue weighted by molar-refractivity contribution is 4.47. The summed E-state index contributed by atoms with van der Waals surface area (Å²) in [6.45, 7) is 5.26. The van der Waals surface area contributed by atoms with Crippen molar-refractivity contribution in [2.24, 2.45) is 0 Å². The van der Waals surface area contributed by atoms with E-state index < -0.39 is 0 Å². The molecule has 1 unspecified atom stereocenters. The fraction of sp³-hybridized carbons (Fsp3) is 1.00. The van der Waals surface area contributed by atoms with Crippen LogP contribution in [0.1, 0.15) is 46.0 Å². The minimum absolute atomic E-state index is 0.256. The summed E-state index contributed by atoms with van der Waals surface area (Å²) < 4.78 is 5.58. The lowest BCUT2D eigenvalue weighted by atomic mass is 10.2. The summed E-state index contributed by atoms with van der Waals surface area (Å²) in [5.41, 5.74) is 0. The lowest BCUT2D eigenvalue weighted by Gasteiger charge is -2.14. The van der Waals surface area contributed by atoms with Crippen molar-refractivity contribution < 1.29 is 4.74 Å². The number of rotatable bonds is 8. The van der Waals surface area contributed by atoms with E-state index in [1.165, 1.54) is 25.7 Å². The Balaban J connectivity index is 3.06. The second-order valence-corrected chi connectivity index (χ2v) is 3.12. The molecule has 1 N–H and O–H groups in total. The van der Waals surface area contributed by atoms with Crippen LogP contribution in [0, 0.1) is 0 Å². The first-order valence-corrected chi connectivity index (χ1v) is 5.14. The first kappa shape index (κ1) is 11.9. The molecule has 0 heterocycles. The molecule has 12 heavy (non-hydrogen) atoms. The van der Waals surface area contributed by atoms with E-state index in [1.807, 2.05) is 7.05 Å². The van der Waals surface area contributed by atoms with E-state index in [1.54, 1.807) is 0 Å². The number of hydrogen-bond donors (Lipinski definition) is 1. The summed E-state index contributed by atoms with van der Waals surface area (Å²) in [6.07, 6.45) is 6.43. The van der Waals surface area contributed by atoms with Crippen LogP contribution >= 0.6 is 0 Å². The van der Waals surface area contributed by atoms with Gasteiger partial charge in [-0.05, 0) is 19.9 Å². The summed E-state index contributed by atoms with van der Waals surface area (Å²) in [7, 11) is 1.94. The van der Waals surface area contributed by atoms with E-state index >= 15 is 0 Å². The topological polar surface area (TPSA) is 21.3 Å². The SMILES string of the molecule is CCCCCCOC(CC)NC. The first-order chi connectivity index (χ1) is 5.85. The lowest BCUT2D eigenvalue weighted by molar-refractivity contribution is 0.0303. The molecule has 2 heteroatoms. The van der Waals surface area contributed by atoms with E-state index in [0.29, 0.717) is 0 Å². The van der Waals surface area contributed by atoms with E-state index in [-0.39, 0.29) is 6.23 Å². The maximum absolute atomic E-state index is 5.58. The van der Waals surface area contributed by atoms with Crippen LogP contribution in [0.3, 0.4) is 0 Å². The first-order valence-electron chi connectivity index (χ1n) is 5.14. The average Bonchev–Trinajstić information content (AvgIpc) is 2.11. The summed E-state index contributed by atoms with van der Waals surface area (Å²) in [5, 5.41) is 3.12. The molecule has 2 nitrogen and oxygen atoms in total. The Morgan fingerprint density at radius 2 is 1.92 bits per heavy atom. The van der Waals surface area contributed by atoms with Gasteiger partial charge in [-0.2, -0.15) is 0 Å². The highest BCUT2D eigenvalue weighted by atomic mass is 16.5. The molecule has 0 aromatic carbocycles. The predicted molar refractivity (Wildman–Crippen MR) is 53.2 cm³/mol. The summed E-state index contributed by atoms with van der Waals surface area (Å²) in [5.74, 6) is 0. The molecule has 0 fully saturated rings.